The Morgan fingerprint density at radius 3 is 2.62 bits per heavy atom. The first-order valence-corrected chi connectivity index (χ1v) is 6.48. The minimum absolute atomic E-state index is 0.0420. The van der Waals surface area contributed by atoms with Crippen LogP contribution in [0.4, 0.5) is 0 Å². The molecule has 0 fully saturated rings. The summed E-state index contributed by atoms with van der Waals surface area (Å²) in [5.74, 6) is -4.90. The van der Waals surface area contributed by atoms with E-state index >= 15 is 0 Å². The predicted molar refractivity (Wildman–Crippen MR) is 70.4 cm³/mol. The lowest BCUT2D eigenvalue weighted by Crippen LogP contribution is -2.37. The number of ketones is 2. The van der Waals surface area contributed by atoms with Crippen LogP contribution in [0.2, 0.25) is 0 Å². The van der Waals surface area contributed by atoms with Crippen molar-refractivity contribution in [2.24, 2.45) is 11.8 Å². The van der Waals surface area contributed by atoms with Gasteiger partial charge in [-0.05, 0) is 12.5 Å². The molecule has 0 amide bonds. The quantitative estimate of drug-likeness (QED) is 0.671. The van der Waals surface area contributed by atoms with Gasteiger partial charge in [-0.1, -0.05) is 12.2 Å². The lowest BCUT2D eigenvalue weighted by atomic mass is 9.69. The zero-order valence-electron chi connectivity index (χ0n) is 10.9. The summed E-state index contributed by atoms with van der Waals surface area (Å²) in [4.78, 5) is 35.4. The number of Topliss-reactive ketones (excluding diaryl/α,β-unsaturated/α-hetero) is 2. The third kappa shape index (κ3) is 1.83. The number of aliphatic hydroxyl groups is 2. The molecule has 0 radical (unpaired) electrons. The van der Waals surface area contributed by atoms with Crippen molar-refractivity contribution in [3.63, 3.8) is 0 Å². The van der Waals surface area contributed by atoms with E-state index in [0.717, 1.165) is 6.08 Å². The Labute approximate surface area is 119 Å². The van der Waals surface area contributed by atoms with Gasteiger partial charge in [-0.15, -0.1) is 0 Å². The number of aliphatic carboxylic acids is 1. The number of hydrogen-bond donors (Lipinski definition) is 3. The number of aliphatic hydroxyl groups excluding tert-OH is 2. The van der Waals surface area contributed by atoms with Gasteiger partial charge in [0, 0.05) is 12.0 Å². The summed E-state index contributed by atoms with van der Waals surface area (Å²) in [6.07, 6.45) is 4.40. The molecule has 21 heavy (non-hydrogen) atoms. The Morgan fingerprint density at radius 2 is 1.95 bits per heavy atom. The van der Waals surface area contributed by atoms with Crippen LogP contribution in [0.15, 0.2) is 46.5 Å². The van der Waals surface area contributed by atoms with Gasteiger partial charge in [0.2, 0.25) is 0 Å². The molecule has 108 valence electrons. The maximum Gasteiger partial charge on any atom is 0.335 e. The van der Waals surface area contributed by atoms with Crippen molar-refractivity contribution in [3.8, 4) is 0 Å². The van der Waals surface area contributed by atoms with Crippen LogP contribution < -0.4 is 0 Å². The summed E-state index contributed by atoms with van der Waals surface area (Å²) in [7, 11) is 0. The van der Waals surface area contributed by atoms with Crippen LogP contribution in [0.3, 0.4) is 0 Å². The van der Waals surface area contributed by atoms with Gasteiger partial charge in [-0.2, -0.15) is 0 Å². The maximum absolute atomic E-state index is 12.5. The molecule has 0 saturated heterocycles. The fourth-order valence-electron chi connectivity index (χ4n) is 3.01. The van der Waals surface area contributed by atoms with Gasteiger partial charge in [0.1, 0.15) is 11.5 Å². The fraction of sp³-hybridized carbons (Fsp3) is 0.267. The van der Waals surface area contributed by atoms with Crippen LogP contribution in [-0.4, -0.2) is 32.9 Å². The van der Waals surface area contributed by atoms with Crippen molar-refractivity contribution in [1.82, 2.24) is 0 Å². The van der Waals surface area contributed by atoms with Crippen molar-refractivity contribution in [3.05, 3.63) is 46.5 Å². The van der Waals surface area contributed by atoms with Gasteiger partial charge in [0.15, 0.2) is 11.6 Å². The van der Waals surface area contributed by atoms with E-state index in [4.69, 9.17) is 5.11 Å². The van der Waals surface area contributed by atoms with Crippen molar-refractivity contribution >= 4 is 17.5 Å². The van der Waals surface area contributed by atoms with Gasteiger partial charge in [0.05, 0.1) is 23.0 Å². The van der Waals surface area contributed by atoms with Crippen LogP contribution in [0.25, 0.3) is 0 Å². The Morgan fingerprint density at radius 1 is 1.24 bits per heavy atom. The molecule has 0 heterocycles. The molecule has 3 aliphatic rings. The second-order valence-corrected chi connectivity index (χ2v) is 5.20. The topological polar surface area (TPSA) is 112 Å². The van der Waals surface area contributed by atoms with Gasteiger partial charge < -0.3 is 15.3 Å². The molecule has 0 aromatic heterocycles. The van der Waals surface area contributed by atoms with Crippen molar-refractivity contribution in [2.45, 2.75) is 12.8 Å². The SMILES string of the molecule is O=C(O)C1=CC2C(=O)C3=CCCC(=O)C3=C(O)C2C(O)=C1. The molecule has 6 nitrogen and oxygen atoms in total. The van der Waals surface area contributed by atoms with E-state index in [2.05, 4.69) is 0 Å². The molecule has 0 aliphatic heterocycles. The Kier molecular flexibility index (Phi) is 2.83. The first-order valence-electron chi connectivity index (χ1n) is 6.48. The van der Waals surface area contributed by atoms with Crippen molar-refractivity contribution < 1.29 is 29.7 Å². The second-order valence-electron chi connectivity index (χ2n) is 5.20. The molecule has 0 aromatic carbocycles. The van der Waals surface area contributed by atoms with Crippen LogP contribution in [0, 0.1) is 11.8 Å². The minimum atomic E-state index is -1.27. The molecule has 0 aromatic rings. The molecule has 0 saturated carbocycles. The number of carbonyl (C=O) groups excluding carboxylic acids is 2. The van der Waals surface area contributed by atoms with Crippen LogP contribution in [-0.2, 0) is 14.4 Å². The summed E-state index contributed by atoms with van der Waals surface area (Å²) >= 11 is 0. The zero-order valence-corrected chi connectivity index (χ0v) is 10.9. The average Bonchev–Trinajstić information content (AvgIpc) is 2.43. The summed E-state index contributed by atoms with van der Waals surface area (Å²) < 4.78 is 0. The van der Waals surface area contributed by atoms with Gasteiger partial charge in [-0.3, -0.25) is 9.59 Å². The van der Waals surface area contributed by atoms with Crippen molar-refractivity contribution in [2.75, 3.05) is 0 Å². The second kappa shape index (κ2) is 4.44. The van der Waals surface area contributed by atoms with E-state index in [0.29, 0.717) is 6.42 Å². The number of carbonyl (C=O) groups is 3. The largest absolute Gasteiger partial charge is 0.511 e. The lowest BCUT2D eigenvalue weighted by Gasteiger charge is -2.34. The molecule has 3 aliphatic carbocycles. The van der Waals surface area contributed by atoms with E-state index in [9.17, 15) is 24.6 Å². The van der Waals surface area contributed by atoms with E-state index in [1.807, 2.05) is 0 Å². The maximum atomic E-state index is 12.5. The average molecular weight is 288 g/mol. The van der Waals surface area contributed by atoms with Crippen molar-refractivity contribution in [1.29, 1.82) is 0 Å². The van der Waals surface area contributed by atoms with E-state index < -0.39 is 29.3 Å². The van der Waals surface area contributed by atoms with E-state index in [1.54, 1.807) is 6.08 Å². The first-order chi connectivity index (χ1) is 9.91. The molecule has 0 bridgehead atoms. The summed E-state index contributed by atoms with van der Waals surface area (Å²) in [5, 5.41) is 29.2. The van der Waals surface area contributed by atoms with Crippen LogP contribution in [0.5, 0.6) is 0 Å². The highest BCUT2D eigenvalue weighted by molar-refractivity contribution is 6.17. The molecular weight excluding hydrogens is 276 g/mol. The predicted octanol–water partition coefficient (Wildman–Crippen LogP) is 1.37. The van der Waals surface area contributed by atoms with Crippen LogP contribution >= 0.6 is 0 Å². The molecule has 3 rings (SSSR count). The molecule has 2 atom stereocenters. The highest BCUT2D eigenvalue weighted by atomic mass is 16.4. The number of carboxylic acids is 1. The standard InChI is InChI=1S/C15H12O6/c16-9-3-1-2-7-11(9)14(19)12-8(13(7)18)4-6(15(20)21)5-10(12)17/h2,4-5,8,12,17,19H,1,3H2,(H,20,21). The van der Waals surface area contributed by atoms with E-state index in [-0.39, 0.29) is 34.7 Å². The monoisotopic (exact) mass is 288 g/mol. The van der Waals surface area contributed by atoms with Crippen LogP contribution in [0.1, 0.15) is 12.8 Å². The number of hydrogen-bond acceptors (Lipinski definition) is 5. The molecule has 6 heteroatoms. The molecule has 0 spiro atoms. The molecule has 2 unspecified atom stereocenters. The minimum Gasteiger partial charge on any atom is -0.511 e. The Balaban J connectivity index is 2.20. The smallest absolute Gasteiger partial charge is 0.335 e. The lowest BCUT2D eigenvalue weighted by molar-refractivity contribution is -0.132. The Hall–Kier alpha value is -2.63. The number of rotatable bonds is 1. The number of allylic oxidation sites excluding steroid dienone is 4. The fourth-order valence-corrected chi connectivity index (χ4v) is 3.01. The highest BCUT2D eigenvalue weighted by Gasteiger charge is 2.46. The third-order valence-corrected chi connectivity index (χ3v) is 3.97. The van der Waals surface area contributed by atoms with Gasteiger partial charge >= 0.3 is 5.97 Å². The third-order valence-electron chi connectivity index (χ3n) is 3.97. The summed E-state index contributed by atoms with van der Waals surface area (Å²) in [6, 6.07) is 0. The summed E-state index contributed by atoms with van der Waals surface area (Å²) in [5.41, 5.74) is -0.124. The van der Waals surface area contributed by atoms with E-state index in [1.165, 1.54) is 6.08 Å². The normalized spacial score (nSPS) is 28.3. The molecular formula is C15H12O6. The molecule has 3 N–H and O–H groups in total. The van der Waals surface area contributed by atoms with Gasteiger partial charge in [0.25, 0.3) is 0 Å². The number of carboxylic acid groups (broad SMARTS) is 1. The first kappa shape index (κ1) is 13.4. The summed E-state index contributed by atoms with van der Waals surface area (Å²) in [6.45, 7) is 0. The Bertz CT molecular complexity index is 704. The zero-order chi connectivity index (χ0) is 15.3. The highest BCUT2D eigenvalue weighted by Crippen LogP contribution is 2.43. The van der Waals surface area contributed by atoms with Gasteiger partial charge in [-0.25, -0.2) is 4.79 Å². The number of fused-ring (bicyclic) bond motifs is 2.